The van der Waals surface area contributed by atoms with Gasteiger partial charge in [0, 0.05) is 5.25 Å². The molecule has 0 amide bonds. The number of benzene rings is 2. The number of ether oxygens (including phenoxy) is 1. The zero-order chi connectivity index (χ0) is 19.4. The second kappa shape index (κ2) is 8.49. The van der Waals surface area contributed by atoms with E-state index in [0.717, 1.165) is 12.4 Å². The van der Waals surface area contributed by atoms with E-state index in [1.165, 1.54) is 34.9 Å². The summed E-state index contributed by atoms with van der Waals surface area (Å²) in [6.07, 6.45) is 2.67. The summed E-state index contributed by atoms with van der Waals surface area (Å²) >= 11 is 2.09. The maximum atomic E-state index is 10.7. The monoisotopic (exact) mass is 408 g/mol. The predicted octanol–water partition coefficient (Wildman–Crippen LogP) is 5.20. The fraction of sp³-hybridized carbons (Fsp3) is 0.412. The van der Waals surface area contributed by atoms with Crippen LogP contribution in [0.2, 0.25) is 0 Å². The molecule has 1 saturated heterocycles. The summed E-state index contributed by atoms with van der Waals surface area (Å²) in [4.78, 5) is 0. The van der Waals surface area contributed by atoms with Crippen LogP contribution < -0.4 is 4.74 Å². The molecular formula is C17H19F3O4S2. The zero-order valence-corrected chi connectivity index (χ0v) is 15.6. The maximum Gasteiger partial charge on any atom is 0.522 e. The van der Waals surface area contributed by atoms with Crippen LogP contribution in [0.5, 0.6) is 5.75 Å². The van der Waals surface area contributed by atoms with E-state index < -0.39 is 15.6 Å². The van der Waals surface area contributed by atoms with Gasteiger partial charge in [-0.05, 0) is 60.1 Å². The molecule has 9 heteroatoms. The van der Waals surface area contributed by atoms with Crippen LogP contribution in [0.1, 0.15) is 30.6 Å². The van der Waals surface area contributed by atoms with Gasteiger partial charge in [-0.1, -0.05) is 18.2 Å². The lowest BCUT2D eigenvalue weighted by Crippen LogP contribution is -2.21. The molecule has 1 heterocycles. The second-order valence-corrected chi connectivity index (χ2v) is 8.35. The number of thioether (sulfide) groups is 1. The number of halogens is 3. The van der Waals surface area contributed by atoms with Gasteiger partial charge in [0.2, 0.25) is 0 Å². The fourth-order valence-corrected chi connectivity index (χ4v) is 3.83. The Morgan fingerprint density at radius 1 is 1.19 bits per heavy atom. The van der Waals surface area contributed by atoms with Crippen molar-refractivity contribution in [1.82, 2.24) is 0 Å². The van der Waals surface area contributed by atoms with Gasteiger partial charge in [-0.25, -0.2) is 0 Å². The summed E-state index contributed by atoms with van der Waals surface area (Å²) in [5.41, 5.74) is -4.06. The van der Waals surface area contributed by atoms with Crippen LogP contribution in [-0.4, -0.2) is 30.8 Å². The first-order valence-electron chi connectivity index (χ1n) is 7.93. The van der Waals surface area contributed by atoms with E-state index in [0.29, 0.717) is 5.25 Å². The topological polar surface area (TPSA) is 63.6 Å². The Bertz CT molecular complexity index is 845. The SMILES string of the molecule is CCOc1ccc2ccc(C3CCCS3)cc2c1.O=S(=O)(O)C(F)(F)F. The van der Waals surface area contributed by atoms with Gasteiger partial charge in [-0.3, -0.25) is 4.55 Å². The minimum absolute atomic E-state index is 0.699. The van der Waals surface area contributed by atoms with Crippen LogP contribution in [0.4, 0.5) is 13.2 Å². The molecule has 2 aromatic rings. The lowest BCUT2D eigenvalue weighted by Gasteiger charge is -2.11. The van der Waals surface area contributed by atoms with Gasteiger partial charge in [0.05, 0.1) is 6.61 Å². The first-order chi connectivity index (χ1) is 12.1. The molecule has 0 saturated carbocycles. The summed E-state index contributed by atoms with van der Waals surface area (Å²) in [6, 6.07) is 13.2. The molecule has 0 bridgehead atoms. The van der Waals surface area contributed by atoms with Gasteiger partial charge in [0.15, 0.2) is 0 Å². The third kappa shape index (κ3) is 5.52. The molecule has 0 aliphatic carbocycles. The Balaban J connectivity index is 0.000000260. The highest BCUT2D eigenvalue weighted by atomic mass is 32.2. The molecule has 3 rings (SSSR count). The minimum Gasteiger partial charge on any atom is -0.494 e. The van der Waals surface area contributed by atoms with E-state index in [9.17, 15) is 13.2 Å². The average Bonchev–Trinajstić information content (AvgIpc) is 3.08. The molecule has 0 aromatic heterocycles. The number of alkyl halides is 3. The Kier molecular flexibility index (Phi) is 6.81. The first-order valence-corrected chi connectivity index (χ1v) is 10.4. The van der Waals surface area contributed by atoms with Gasteiger partial charge < -0.3 is 4.74 Å². The van der Waals surface area contributed by atoms with Crippen LogP contribution in [0, 0.1) is 0 Å². The Morgan fingerprint density at radius 3 is 2.38 bits per heavy atom. The van der Waals surface area contributed by atoms with Crippen molar-refractivity contribution in [3.05, 3.63) is 42.0 Å². The van der Waals surface area contributed by atoms with Crippen molar-refractivity contribution in [2.75, 3.05) is 12.4 Å². The van der Waals surface area contributed by atoms with Crippen molar-refractivity contribution in [2.45, 2.75) is 30.5 Å². The molecule has 1 unspecified atom stereocenters. The normalized spacial score (nSPS) is 17.7. The van der Waals surface area contributed by atoms with Crippen molar-refractivity contribution >= 4 is 32.7 Å². The van der Waals surface area contributed by atoms with Crippen LogP contribution in [0.3, 0.4) is 0 Å². The Labute approximate surface area is 154 Å². The minimum atomic E-state index is -5.84. The van der Waals surface area contributed by atoms with Crippen molar-refractivity contribution in [3.8, 4) is 5.75 Å². The zero-order valence-electron chi connectivity index (χ0n) is 14.0. The van der Waals surface area contributed by atoms with Crippen molar-refractivity contribution in [1.29, 1.82) is 0 Å². The lowest BCUT2D eigenvalue weighted by molar-refractivity contribution is -0.0510. The van der Waals surface area contributed by atoms with Gasteiger partial charge >= 0.3 is 15.6 Å². The van der Waals surface area contributed by atoms with E-state index in [2.05, 4.69) is 48.2 Å². The van der Waals surface area contributed by atoms with Crippen LogP contribution in [0.15, 0.2) is 36.4 Å². The quantitative estimate of drug-likeness (QED) is 0.559. The third-order valence-electron chi connectivity index (χ3n) is 3.74. The highest BCUT2D eigenvalue weighted by molar-refractivity contribution is 7.99. The van der Waals surface area contributed by atoms with Crippen LogP contribution in [0.25, 0.3) is 10.8 Å². The van der Waals surface area contributed by atoms with E-state index in [1.807, 2.05) is 6.92 Å². The van der Waals surface area contributed by atoms with Crippen molar-refractivity contribution in [2.24, 2.45) is 0 Å². The second-order valence-electron chi connectivity index (χ2n) is 5.62. The van der Waals surface area contributed by atoms with E-state index >= 15 is 0 Å². The summed E-state index contributed by atoms with van der Waals surface area (Å²) in [7, 11) is -5.84. The van der Waals surface area contributed by atoms with Gasteiger partial charge in [0.1, 0.15) is 5.75 Å². The highest BCUT2D eigenvalue weighted by Crippen LogP contribution is 2.40. The first kappa shape index (κ1) is 20.9. The Morgan fingerprint density at radius 2 is 1.85 bits per heavy atom. The lowest BCUT2D eigenvalue weighted by atomic mass is 10.0. The molecule has 144 valence electrons. The highest BCUT2D eigenvalue weighted by Gasteiger charge is 2.44. The van der Waals surface area contributed by atoms with E-state index in [4.69, 9.17) is 17.7 Å². The number of hydrogen-bond acceptors (Lipinski definition) is 4. The molecule has 1 atom stereocenters. The summed E-state index contributed by atoms with van der Waals surface area (Å²) < 4.78 is 63.1. The smallest absolute Gasteiger partial charge is 0.494 e. The van der Waals surface area contributed by atoms with E-state index in [-0.39, 0.29) is 0 Å². The summed E-state index contributed by atoms with van der Waals surface area (Å²) in [6.45, 7) is 2.75. The van der Waals surface area contributed by atoms with Crippen LogP contribution >= 0.6 is 11.8 Å². The van der Waals surface area contributed by atoms with Crippen molar-refractivity contribution < 1.29 is 30.9 Å². The molecule has 1 fully saturated rings. The molecule has 1 N–H and O–H groups in total. The van der Waals surface area contributed by atoms with Gasteiger partial charge in [-0.2, -0.15) is 33.4 Å². The van der Waals surface area contributed by atoms with E-state index in [1.54, 1.807) is 0 Å². The largest absolute Gasteiger partial charge is 0.522 e. The molecular weight excluding hydrogens is 389 g/mol. The Hall–Kier alpha value is -1.45. The fourth-order valence-electron chi connectivity index (χ4n) is 2.54. The number of rotatable bonds is 3. The molecule has 0 radical (unpaired) electrons. The molecule has 1 aliphatic heterocycles. The van der Waals surface area contributed by atoms with Crippen molar-refractivity contribution in [3.63, 3.8) is 0 Å². The third-order valence-corrected chi connectivity index (χ3v) is 5.76. The molecule has 0 spiro atoms. The molecule has 26 heavy (non-hydrogen) atoms. The maximum absolute atomic E-state index is 10.7. The summed E-state index contributed by atoms with van der Waals surface area (Å²) in [5, 5.41) is 3.29. The predicted molar refractivity (Wildman–Crippen MR) is 97.2 cm³/mol. The molecule has 1 aliphatic rings. The molecule has 2 aromatic carbocycles. The number of hydrogen-bond donors (Lipinski definition) is 1. The number of fused-ring (bicyclic) bond motifs is 1. The standard InChI is InChI=1S/C16H18OS.CHF3O3S/c1-2-17-15-8-7-12-5-6-13(10-14(12)11-15)16-4-3-9-18-16;2-1(3,4)8(5,6)7/h5-8,10-11,16H,2-4,9H2,1H3;(H,5,6,7). The average molecular weight is 408 g/mol. The van der Waals surface area contributed by atoms with Crippen LogP contribution in [-0.2, 0) is 10.1 Å². The van der Waals surface area contributed by atoms with Gasteiger partial charge in [0.25, 0.3) is 0 Å². The molecule has 4 nitrogen and oxygen atoms in total. The summed E-state index contributed by atoms with van der Waals surface area (Å²) in [5.74, 6) is 2.28. The van der Waals surface area contributed by atoms with Gasteiger partial charge in [-0.15, -0.1) is 0 Å².